The van der Waals surface area contributed by atoms with Crippen molar-refractivity contribution in [3.63, 3.8) is 0 Å². The van der Waals surface area contributed by atoms with Crippen LogP contribution in [-0.4, -0.2) is 28.3 Å². The third-order valence-electron chi connectivity index (χ3n) is 4.34. The summed E-state index contributed by atoms with van der Waals surface area (Å²) in [4.78, 5) is 15.5. The number of fused-ring (bicyclic) bond motifs is 1. The van der Waals surface area contributed by atoms with E-state index in [1.54, 1.807) is 18.9 Å². The molecule has 2 aromatic heterocycles. The Labute approximate surface area is 162 Å². The van der Waals surface area contributed by atoms with Gasteiger partial charge in [0.2, 0.25) is 0 Å². The van der Waals surface area contributed by atoms with Crippen molar-refractivity contribution in [3.05, 3.63) is 66.4 Å². The Morgan fingerprint density at radius 3 is 2.56 bits per heavy atom. The van der Waals surface area contributed by atoms with E-state index in [-0.39, 0.29) is 0 Å². The zero-order valence-corrected chi connectivity index (χ0v) is 16.2. The van der Waals surface area contributed by atoms with Gasteiger partial charge in [-0.1, -0.05) is 30.3 Å². The van der Waals surface area contributed by atoms with Crippen molar-refractivity contribution in [1.29, 1.82) is 0 Å². The Morgan fingerprint density at radius 1 is 0.889 bits per heavy atom. The number of benzene rings is 2. The SMILES string of the molecule is COc1cccc(-c2nc(-c3cc(SC)cc(C)n3)nc3ccccc23)c1. The third kappa shape index (κ3) is 3.51. The number of rotatable bonds is 4. The van der Waals surface area contributed by atoms with E-state index in [0.717, 1.165) is 44.2 Å². The van der Waals surface area contributed by atoms with Crippen molar-refractivity contribution in [1.82, 2.24) is 15.0 Å². The van der Waals surface area contributed by atoms with E-state index in [4.69, 9.17) is 14.7 Å². The van der Waals surface area contributed by atoms with Gasteiger partial charge in [0, 0.05) is 21.5 Å². The number of hydrogen-bond acceptors (Lipinski definition) is 5. The van der Waals surface area contributed by atoms with Crippen molar-refractivity contribution in [2.24, 2.45) is 0 Å². The molecule has 0 saturated carbocycles. The Morgan fingerprint density at radius 2 is 1.74 bits per heavy atom. The van der Waals surface area contributed by atoms with Crippen molar-refractivity contribution in [2.45, 2.75) is 11.8 Å². The number of hydrogen-bond donors (Lipinski definition) is 0. The number of thioether (sulfide) groups is 1. The molecule has 0 unspecified atom stereocenters. The fourth-order valence-electron chi connectivity index (χ4n) is 3.05. The first-order valence-electron chi connectivity index (χ1n) is 8.62. The zero-order valence-electron chi connectivity index (χ0n) is 15.4. The Kier molecular flexibility index (Phi) is 4.77. The van der Waals surface area contributed by atoms with E-state index < -0.39 is 0 Å². The van der Waals surface area contributed by atoms with Crippen LogP contribution in [0, 0.1) is 6.92 Å². The number of aromatic nitrogens is 3. The standard InChI is InChI=1S/C22H19N3OS/c1-14-11-17(27-3)13-20(23-14)22-24-19-10-5-4-9-18(19)21(25-22)15-7-6-8-16(12-15)26-2/h4-13H,1-3H3. The van der Waals surface area contributed by atoms with Gasteiger partial charge in [0.25, 0.3) is 0 Å². The fourth-order valence-corrected chi connectivity index (χ4v) is 3.57. The highest BCUT2D eigenvalue weighted by Crippen LogP contribution is 2.31. The van der Waals surface area contributed by atoms with Gasteiger partial charge in [0.05, 0.1) is 18.3 Å². The number of pyridine rings is 1. The summed E-state index contributed by atoms with van der Waals surface area (Å²) in [5.74, 6) is 1.43. The quantitative estimate of drug-likeness (QED) is 0.448. The average molecular weight is 373 g/mol. The highest BCUT2D eigenvalue weighted by Gasteiger charge is 2.13. The van der Waals surface area contributed by atoms with Crippen LogP contribution in [0.3, 0.4) is 0 Å². The van der Waals surface area contributed by atoms with Gasteiger partial charge < -0.3 is 4.74 Å². The first kappa shape index (κ1) is 17.5. The third-order valence-corrected chi connectivity index (χ3v) is 5.05. The molecule has 4 nitrogen and oxygen atoms in total. The van der Waals surface area contributed by atoms with Crippen LogP contribution in [0.2, 0.25) is 0 Å². The van der Waals surface area contributed by atoms with Crippen LogP contribution in [0.4, 0.5) is 0 Å². The van der Waals surface area contributed by atoms with Gasteiger partial charge >= 0.3 is 0 Å². The highest BCUT2D eigenvalue weighted by molar-refractivity contribution is 7.98. The zero-order chi connectivity index (χ0) is 18.8. The lowest BCUT2D eigenvalue weighted by atomic mass is 10.1. The van der Waals surface area contributed by atoms with Crippen LogP contribution in [0.1, 0.15) is 5.69 Å². The van der Waals surface area contributed by atoms with Crippen molar-refractivity contribution < 1.29 is 4.74 Å². The second kappa shape index (κ2) is 7.37. The summed E-state index contributed by atoms with van der Waals surface area (Å²) in [6.45, 7) is 1.99. The molecule has 4 aromatic rings. The topological polar surface area (TPSA) is 47.9 Å². The molecule has 0 spiro atoms. The van der Waals surface area contributed by atoms with Gasteiger partial charge in [0.15, 0.2) is 5.82 Å². The van der Waals surface area contributed by atoms with Crippen molar-refractivity contribution in [2.75, 3.05) is 13.4 Å². The molecule has 0 atom stereocenters. The Balaban J connectivity index is 1.97. The molecule has 0 amide bonds. The maximum absolute atomic E-state index is 5.39. The molecule has 0 N–H and O–H groups in total. The molecule has 0 aliphatic rings. The van der Waals surface area contributed by atoms with Crippen LogP contribution in [0.15, 0.2) is 65.6 Å². The molecular formula is C22H19N3OS. The highest BCUT2D eigenvalue weighted by atomic mass is 32.2. The number of nitrogens with zero attached hydrogens (tertiary/aromatic N) is 3. The molecule has 2 heterocycles. The lowest BCUT2D eigenvalue weighted by Crippen LogP contribution is -1.98. The summed E-state index contributed by atoms with van der Waals surface area (Å²) in [5.41, 5.74) is 4.51. The predicted molar refractivity (Wildman–Crippen MR) is 111 cm³/mol. The van der Waals surface area contributed by atoms with Crippen LogP contribution in [-0.2, 0) is 0 Å². The molecule has 27 heavy (non-hydrogen) atoms. The fraction of sp³-hybridized carbons (Fsp3) is 0.136. The Bertz CT molecular complexity index is 1130. The van der Waals surface area contributed by atoms with E-state index in [1.165, 1.54) is 0 Å². The minimum Gasteiger partial charge on any atom is -0.497 e. The number of ether oxygens (including phenoxy) is 1. The molecule has 0 bridgehead atoms. The first-order valence-corrected chi connectivity index (χ1v) is 9.84. The van der Waals surface area contributed by atoms with E-state index in [2.05, 4.69) is 17.3 Å². The lowest BCUT2D eigenvalue weighted by Gasteiger charge is -2.11. The molecule has 4 rings (SSSR count). The van der Waals surface area contributed by atoms with Crippen LogP contribution < -0.4 is 4.74 Å². The summed E-state index contributed by atoms with van der Waals surface area (Å²) in [6.07, 6.45) is 2.06. The van der Waals surface area contributed by atoms with Gasteiger partial charge in [-0.2, -0.15) is 0 Å². The van der Waals surface area contributed by atoms with Gasteiger partial charge in [-0.05, 0) is 43.5 Å². The van der Waals surface area contributed by atoms with E-state index >= 15 is 0 Å². The van der Waals surface area contributed by atoms with E-state index in [0.29, 0.717) is 5.82 Å². The van der Waals surface area contributed by atoms with Gasteiger partial charge in [-0.3, -0.25) is 0 Å². The van der Waals surface area contributed by atoms with Crippen molar-refractivity contribution in [3.8, 4) is 28.5 Å². The monoisotopic (exact) mass is 373 g/mol. The summed E-state index contributed by atoms with van der Waals surface area (Å²) in [5, 5.41) is 1.01. The van der Waals surface area contributed by atoms with Gasteiger partial charge in [-0.25, -0.2) is 15.0 Å². The van der Waals surface area contributed by atoms with Gasteiger partial charge in [0.1, 0.15) is 11.4 Å². The minimum absolute atomic E-state index is 0.630. The Hall–Kier alpha value is -2.92. The second-order valence-corrected chi connectivity index (χ2v) is 7.06. The molecular weight excluding hydrogens is 354 g/mol. The van der Waals surface area contributed by atoms with Crippen LogP contribution in [0.5, 0.6) is 5.75 Å². The molecule has 0 saturated heterocycles. The van der Waals surface area contributed by atoms with Gasteiger partial charge in [-0.15, -0.1) is 11.8 Å². The number of aryl methyl sites for hydroxylation is 1. The van der Waals surface area contributed by atoms with E-state index in [9.17, 15) is 0 Å². The molecule has 0 radical (unpaired) electrons. The molecule has 0 aliphatic heterocycles. The minimum atomic E-state index is 0.630. The molecule has 134 valence electrons. The van der Waals surface area contributed by atoms with Crippen molar-refractivity contribution >= 4 is 22.7 Å². The average Bonchev–Trinajstić information content (AvgIpc) is 2.72. The lowest BCUT2D eigenvalue weighted by molar-refractivity contribution is 0.415. The first-order chi connectivity index (χ1) is 13.2. The molecule has 5 heteroatoms. The number of methoxy groups -OCH3 is 1. The van der Waals surface area contributed by atoms with Crippen LogP contribution >= 0.6 is 11.8 Å². The molecule has 0 aliphatic carbocycles. The maximum Gasteiger partial charge on any atom is 0.179 e. The predicted octanol–water partition coefficient (Wildman–Crippen LogP) is 5.40. The van der Waals surface area contributed by atoms with Crippen LogP contribution in [0.25, 0.3) is 33.7 Å². The second-order valence-electron chi connectivity index (χ2n) is 6.18. The maximum atomic E-state index is 5.39. The normalized spacial score (nSPS) is 10.9. The summed E-state index contributed by atoms with van der Waals surface area (Å²) in [6, 6.07) is 20.1. The summed E-state index contributed by atoms with van der Waals surface area (Å²) in [7, 11) is 1.67. The molecule has 2 aromatic carbocycles. The smallest absolute Gasteiger partial charge is 0.179 e. The summed E-state index contributed by atoms with van der Waals surface area (Å²) >= 11 is 1.69. The number of para-hydroxylation sites is 1. The largest absolute Gasteiger partial charge is 0.497 e. The summed E-state index contributed by atoms with van der Waals surface area (Å²) < 4.78 is 5.39. The van der Waals surface area contributed by atoms with E-state index in [1.807, 2.05) is 61.5 Å². The molecule has 0 fully saturated rings.